The molecule has 2 N–H and O–H groups in total. The molecule has 0 bridgehead atoms. The molecule has 4 heteroatoms. The van der Waals surface area contributed by atoms with E-state index in [2.05, 4.69) is 15.3 Å². The van der Waals surface area contributed by atoms with Crippen LogP contribution in [-0.2, 0) is 6.54 Å². The van der Waals surface area contributed by atoms with E-state index >= 15 is 0 Å². The van der Waals surface area contributed by atoms with Crippen LogP contribution >= 0.6 is 11.6 Å². The van der Waals surface area contributed by atoms with E-state index in [0.717, 1.165) is 27.3 Å². The maximum atomic E-state index is 6.34. The fraction of sp³-hybridized carbons (Fsp3) is 0.0714. The second-order valence-electron chi connectivity index (χ2n) is 4.06. The molecule has 0 aliphatic heterocycles. The van der Waals surface area contributed by atoms with Crippen molar-refractivity contribution in [1.82, 2.24) is 9.97 Å². The lowest BCUT2D eigenvalue weighted by Gasteiger charge is -2.04. The van der Waals surface area contributed by atoms with Gasteiger partial charge in [0.15, 0.2) is 0 Å². The topological polar surface area (TPSA) is 40.7 Å². The maximum absolute atomic E-state index is 6.34. The second kappa shape index (κ2) is 4.70. The van der Waals surface area contributed by atoms with E-state index in [1.165, 1.54) is 0 Å². The van der Waals surface area contributed by atoms with E-state index < -0.39 is 0 Å². The molecule has 0 saturated carbocycles. The predicted molar refractivity (Wildman–Crippen MR) is 74.9 cm³/mol. The van der Waals surface area contributed by atoms with Crippen LogP contribution in [0.5, 0.6) is 0 Å². The van der Waals surface area contributed by atoms with Gasteiger partial charge in [-0.15, -0.1) is 0 Å². The normalized spacial score (nSPS) is 10.7. The van der Waals surface area contributed by atoms with Crippen LogP contribution in [0.4, 0.5) is 5.69 Å². The molecule has 2 aromatic heterocycles. The molecular formula is C14H12ClN3. The highest BCUT2D eigenvalue weighted by Crippen LogP contribution is 2.27. The molecule has 18 heavy (non-hydrogen) atoms. The minimum absolute atomic E-state index is 0.652. The summed E-state index contributed by atoms with van der Waals surface area (Å²) in [5, 5.41) is 5.12. The Labute approximate surface area is 110 Å². The fourth-order valence-corrected chi connectivity index (χ4v) is 2.22. The molecule has 90 valence electrons. The van der Waals surface area contributed by atoms with Crippen molar-refractivity contribution in [2.75, 3.05) is 5.32 Å². The fourth-order valence-electron chi connectivity index (χ4n) is 1.94. The third-order valence-corrected chi connectivity index (χ3v) is 3.28. The average molecular weight is 258 g/mol. The van der Waals surface area contributed by atoms with Gasteiger partial charge in [-0.25, -0.2) is 0 Å². The molecule has 0 unspecified atom stereocenters. The van der Waals surface area contributed by atoms with Crippen LogP contribution in [-0.4, -0.2) is 9.97 Å². The first-order valence-corrected chi connectivity index (χ1v) is 6.11. The first-order chi connectivity index (χ1) is 8.84. The molecule has 1 aromatic carbocycles. The molecule has 3 nitrogen and oxygen atoms in total. The largest absolute Gasteiger partial charge is 0.378 e. The zero-order valence-electron chi connectivity index (χ0n) is 9.65. The molecule has 3 rings (SSSR count). The van der Waals surface area contributed by atoms with Gasteiger partial charge in [0.25, 0.3) is 0 Å². The first kappa shape index (κ1) is 11.1. The summed E-state index contributed by atoms with van der Waals surface area (Å²) >= 11 is 6.34. The quantitative estimate of drug-likeness (QED) is 0.749. The third kappa shape index (κ3) is 2.05. The van der Waals surface area contributed by atoms with Gasteiger partial charge in [-0.2, -0.15) is 0 Å². The van der Waals surface area contributed by atoms with Crippen molar-refractivity contribution in [1.29, 1.82) is 0 Å². The van der Waals surface area contributed by atoms with Gasteiger partial charge in [-0.3, -0.25) is 4.98 Å². The summed E-state index contributed by atoms with van der Waals surface area (Å²) in [4.78, 5) is 7.38. The first-order valence-electron chi connectivity index (χ1n) is 5.73. The number of halogens is 1. The zero-order valence-corrected chi connectivity index (χ0v) is 10.4. The Morgan fingerprint density at radius 3 is 2.83 bits per heavy atom. The second-order valence-corrected chi connectivity index (χ2v) is 4.44. The number of hydrogen-bond donors (Lipinski definition) is 2. The molecule has 0 saturated heterocycles. The maximum Gasteiger partial charge on any atom is 0.0710 e. The van der Waals surface area contributed by atoms with Gasteiger partial charge in [-0.05, 0) is 18.2 Å². The van der Waals surface area contributed by atoms with E-state index in [9.17, 15) is 0 Å². The van der Waals surface area contributed by atoms with Crippen molar-refractivity contribution >= 4 is 28.2 Å². The van der Waals surface area contributed by atoms with Gasteiger partial charge >= 0.3 is 0 Å². The van der Waals surface area contributed by atoms with Gasteiger partial charge < -0.3 is 10.3 Å². The lowest BCUT2D eigenvalue weighted by Crippen LogP contribution is -2.00. The highest BCUT2D eigenvalue weighted by Gasteiger charge is 2.08. The standard InChI is InChI=1S/C14H12ClN3/c15-14-11-5-1-2-6-12(11)18-13(14)9-17-10-4-3-7-16-8-10/h1-8,17-18H,9H2. The molecule has 2 heterocycles. The Hall–Kier alpha value is -2.00. The van der Waals surface area contributed by atoms with Crippen molar-refractivity contribution in [2.45, 2.75) is 6.54 Å². The van der Waals surface area contributed by atoms with E-state index in [1.807, 2.05) is 36.4 Å². The molecule has 0 radical (unpaired) electrons. The zero-order chi connectivity index (χ0) is 12.4. The van der Waals surface area contributed by atoms with Gasteiger partial charge in [0.1, 0.15) is 0 Å². The van der Waals surface area contributed by atoms with Gasteiger partial charge in [0.05, 0.1) is 22.9 Å². The average Bonchev–Trinajstić information content (AvgIpc) is 2.75. The number of fused-ring (bicyclic) bond motifs is 1. The Kier molecular flexibility index (Phi) is 2.90. The van der Waals surface area contributed by atoms with Crippen LogP contribution in [0.3, 0.4) is 0 Å². The molecular weight excluding hydrogens is 246 g/mol. The number of hydrogen-bond acceptors (Lipinski definition) is 2. The van der Waals surface area contributed by atoms with Crippen molar-refractivity contribution in [3.63, 3.8) is 0 Å². The highest BCUT2D eigenvalue weighted by molar-refractivity contribution is 6.36. The SMILES string of the molecule is Clc1c(CNc2cccnc2)[nH]c2ccccc12. The number of para-hydroxylation sites is 1. The minimum Gasteiger partial charge on any atom is -0.378 e. The van der Waals surface area contributed by atoms with Crippen LogP contribution in [0.25, 0.3) is 10.9 Å². The Balaban J connectivity index is 1.85. The van der Waals surface area contributed by atoms with E-state index in [4.69, 9.17) is 11.6 Å². The summed E-state index contributed by atoms with van der Waals surface area (Å²) in [6.07, 6.45) is 3.54. The van der Waals surface area contributed by atoms with Crippen LogP contribution in [0, 0.1) is 0 Å². The van der Waals surface area contributed by atoms with Crippen LogP contribution in [0.2, 0.25) is 5.02 Å². The van der Waals surface area contributed by atoms with Crippen molar-refractivity contribution < 1.29 is 0 Å². The molecule has 0 atom stereocenters. The summed E-state index contributed by atoms with van der Waals surface area (Å²) < 4.78 is 0. The molecule has 0 amide bonds. The predicted octanol–water partition coefficient (Wildman–Crippen LogP) is 3.83. The highest BCUT2D eigenvalue weighted by atomic mass is 35.5. The number of aromatic amines is 1. The van der Waals surface area contributed by atoms with Gasteiger partial charge in [-0.1, -0.05) is 29.8 Å². The third-order valence-electron chi connectivity index (χ3n) is 2.84. The summed E-state index contributed by atoms with van der Waals surface area (Å²) in [5.41, 5.74) is 3.03. The lowest BCUT2D eigenvalue weighted by molar-refractivity contribution is 1.08. The van der Waals surface area contributed by atoms with Crippen molar-refractivity contribution in [2.24, 2.45) is 0 Å². The monoisotopic (exact) mass is 257 g/mol. The number of H-pyrrole nitrogens is 1. The number of rotatable bonds is 3. The van der Waals surface area contributed by atoms with Gasteiger partial charge in [0, 0.05) is 23.3 Å². The Morgan fingerprint density at radius 1 is 1.17 bits per heavy atom. The molecule has 0 fully saturated rings. The molecule has 0 aliphatic carbocycles. The minimum atomic E-state index is 0.652. The number of anilines is 1. The number of nitrogens with zero attached hydrogens (tertiary/aromatic N) is 1. The van der Waals surface area contributed by atoms with Gasteiger partial charge in [0.2, 0.25) is 0 Å². The van der Waals surface area contributed by atoms with Crippen molar-refractivity contribution in [3.05, 3.63) is 59.5 Å². The summed E-state index contributed by atoms with van der Waals surface area (Å²) in [7, 11) is 0. The van der Waals surface area contributed by atoms with E-state index in [-0.39, 0.29) is 0 Å². The number of nitrogens with one attached hydrogen (secondary N) is 2. The molecule has 0 aliphatic rings. The lowest BCUT2D eigenvalue weighted by atomic mass is 10.2. The van der Waals surface area contributed by atoms with Crippen LogP contribution in [0.1, 0.15) is 5.69 Å². The number of aromatic nitrogens is 2. The Bertz CT molecular complexity index is 661. The summed E-state index contributed by atoms with van der Waals surface area (Å²) in [5.74, 6) is 0. The van der Waals surface area contributed by atoms with Crippen molar-refractivity contribution in [3.8, 4) is 0 Å². The van der Waals surface area contributed by atoms with Crippen LogP contribution < -0.4 is 5.32 Å². The van der Waals surface area contributed by atoms with E-state index in [0.29, 0.717) is 6.54 Å². The summed E-state index contributed by atoms with van der Waals surface area (Å²) in [6.45, 7) is 0.652. The molecule has 0 spiro atoms. The van der Waals surface area contributed by atoms with E-state index in [1.54, 1.807) is 12.4 Å². The molecule has 3 aromatic rings. The number of pyridine rings is 1. The Morgan fingerprint density at radius 2 is 2.06 bits per heavy atom. The van der Waals surface area contributed by atoms with Crippen LogP contribution in [0.15, 0.2) is 48.8 Å². The smallest absolute Gasteiger partial charge is 0.0710 e. The number of benzene rings is 1. The summed E-state index contributed by atoms with van der Waals surface area (Å²) in [6, 6.07) is 11.9.